The molecule has 1 saturated carbocycles. The van der Waals surface area contributed by atoms with Gasteiger partial charge in [-0.05, 0) is 43.9 Å². The molecular weight excluding hydrogens is 255 g/mol. The zero-order valence-corrected chi connectivity index (χ0v) is 10.7. The molecule has 0 amide bonds. The number of carbonyl (C=O) groups is 1. The number of aryl methyl sites for hydroxylation is 1. The molecule has 2 rings (SSSR count). The SMILES string of the molecule is Cc1cc(C(F)(F)F)ccc1C(=O)CC1(N)CCC1. The van der Waals surface area contributed by atoms with Gasteiger partial charge in [0, 0.05) is 17.5 Å². The van der Waals surface area contributed by atoms with Gasteiger partial charge in [0.2, 0.25) is 0 Å². The van der Waals surface area contributed by atoms with E-state index in [1.54, 1.807) is 0 Å². The fourth-order valence-electron chi connectivity index (χ4n) is 2.38. The van der Waals surface area contributed by atoms with Gasteiger partial charge in [-0.15, -0.1) is 0 Å². The summed E-state index contributed by atoms with van der Waals surface area (Å²) in [7, 11) is 0. The largest absolute Gasteiger partial charge is 0.416 e. The molecule has 0 atom stereocenters. The van der Waals surface area contributed by atoms with Crippen LogP contribution in [0.4, 0.5) is 13.2 Å². The van der Waals surface area contributed by atoms with Gasteiger partial charge in [0.15, 0.2) is 5.78 Å². The summed E-state index contributed by atoms with van der Waals surface area (Å²) in [5.74, 6) is -0.173. The summed E-state index contributed by atoms with van der Waals surface area (Å²) in [6.07, 6.45) is -1.55. The molecule has 0 spiro atoms. The molecule has 5 heteroatoms. The number of rotatable bonds is 3. The van der Waals surface area contributed by atoms with Gasteiger partial charge in [-0.3, -0.25) is 4.79 Å². The molecule has 1 aliphatic carbocycles. The van der Waals surface area contributed by atoms with Crippen molar-refractivity contribution < 1.29 is 18.0 Å². The van der Waals surface area contributed by atoms with Crippen LogP contribution in [0.25, 0.3) is 0 Å². The molecule has 1 aliphatic rings. The lowest BCUT2D eigenvalue weighted by molar-refractivity contribution is -0.137. The third-order valence-corrected chi connectivity index (χ3v) is 3.72. The molecule has 2 N–H and O–H groups in total. The van der Waals surface area contributed by atoms with Gasteiger partial charge in [-0.2, -0.15) is 13.2 Å². The molecule has 104 valence electrons. The topological polar surface area (TPSA) is 43.1 Å². The van der Waals surface area contributed by atoms with E-state index in [1.807, 2.05) is 0 Å². The van der Waals surface area contributed by atoms with E-state index in [0.29, 0.717) is 11.1 Å². The van der Waals surface area contributed by atoms with E-state index in [0.717, 1.165) is 31.4 Å². The first-order valence-corrected chi connectivity index (χ1v) is 6.21. The fraction of sp³-hybridized carbons (Fsp3) is 0.500. The summed E-state index contributed by atoms with van der Waals surface area (Å²) in [5.41, 5.74) is 5.50. The minimum atomic E-state index is -4.38. The first-order valence-electron chi connectivity index (χ1n) is 6.21. The molecule has 0 saturated heterocycles. The number of halogens is 3. The third-order valence-electron chi connectivity index (χ3n) is 3.72. The van der Waals surface area contributed by atoms with Gasteiger partial charge in [0.1, 0.15) is 0 Å². The summed E-state index contributed by atoms with van der Waals surface area (Å²) in [5, 5.41) is 0. The number of nitrogens with two attached hydrogens (primary N) is 1. The Hall–Kier alpha value is -1.36. The summed E-state index contributed by atoms with van der Waals surface area (Å²) in [4.78, 5) is 12.1. The Morgan fingerprint density at radius 1 is 1.37 bits per heavy atom. The van der Waals surface area contributed by atoms with Crippen molar-refractivity contribution in [2.45, 2.75) is 44.3 Å². The molecule has 1 aromatic carbocycles. The Morgan fingerprint density at radius 3 is 2.42 bits per heavy atom. The van der Waals surface area contributed by atoms with Crippen molar-refractivity contribution in [1.29, 1.82) is 0 Å². The van der Waals surface area contributed by atoms with Crippen molar-refractivity contribution in [3.05, 3.63) is 34.9 Å². The number of benzene rings is 1. The van der Waals surface area contributed by atoms with Crippen molar-refractivity contribution >= 4 is 5.78 Å². The van der Waals surface area contributed by atoms with Crippen molar-refractivity contribution in [2.75, 3.05) is 0 Å². The Bertz CT molecular complexity index is 504. The maximum atomic E-state index is 12.5. The van der Waals surface area contributed by atoms with Crippen LogP contribution in [0.2, 0.25) is 0 Å². The second kappa shape index (κ2) is 4.63. The lowest BCUT2D eigenvalue weighted by Gasteiger charge is -2.37. The Morgan fingerprint density at radius 2 is 2.00 bits per heavy atom. The molecule has 0 unspecified atom stereocenters. The zero-order chi connectivity index (χ0) is 14.3. The quantitative estimate of drug-likeness (QED) is 0.855. The van der Waals surface area contributed by atoms with Crippen molar-refractivity contribution in [2.24, 2.45) is 5.73 Å². The van der Waals surface area contributed by atoms with Crippen LogP contribution >= 0.6 is 0 Å². The molecular formula is C14H16F3NO. The summed E-state index contributed by atoms with van der Waals surface area (Å²) in [6, 6.07) is 3.21. The predicted molar refractivity (Wildman–Crippen MR) is 65.9 cm³/mol. The van der Waals surface area contributed by atoms with Gasteiger partial charge in [-0.1, -0.05) is 6.07 Å². The van der Waals surface area contributed by atoms with E-state index in [4.69, 9.17) is 5.73 Å². The fourth-order valence-corrected chi connectivity index (χ4v) is 2.38. The average Bonchev–Trinajstić information content (AvgIpc) is 2.25. The minimum absolute atomic E-state index is 0.173. The molecule has 1 fully saturated rings. The molecule has 1 aromatic rings. The van der Waals surface area contributed by atoms with E-state index in [1.165, 1.54) is 13.0 Å². The summed E-state index contributed by atoms with van der Waals surface area (Å²) >= 11 is 0. The minimum Gasteiger partial charge on any atom is -0.325 e. The highest BCUT2D eigenvalue weighted by Crippen LogP contribution is 2.34. The van der Waals surface area contributed by atoms with Crippen LogP contribution in [0.5, 0.6) is 0 Å². The number of Topliss-reactive ketones (excluding diaryl/α,β-unsaturated/α-hetero) is 1. The van der Waals surface area contributed by atoms with Crippen LogP contribution in [-0.2, 0) is 6.18 Å². The average molecular weight is 271 g/mol. The first-order chi connectivity index (χ1) is 8.71. The second-order valence-corrected chi connectivity index (χ2v) is 5.34. The Balaban J connectivity index is 2.19. The monoisotopic (exact) mass is 271 g/mol. The summed E-state index contributed by atoms with van der Waals surface area (Å²) in [6.45, 7) is 1.52. The van der Waals surface area contributed by atoms with E-state index >= 15 is 0 Å². The lowest BCUT2D eigenvalue weighted by atomic mass is 9.73. The number of ketones is 1. The number of carbonyl (C=O) groups excluding carboxylic acids is 1. The Kier molecular flexibility index (Phi) is 3.43. The van der Waals surface area contributed by atoms with Gasteiger partial charge in [0.05, 0.1) is 5.56 Å². The van der Waals surface area contributed by atoms with Crippen LogP contribution in [0.15, 0.2) is 18.2 Å². The second-order valence-electron chi connectivity index (χ2n) is 5.34. The third kappa shape index (κ3) is 2.97. The number of alkyl halides is 3. The number of hydrogen-bond acceptors (Lipinski definition) is 2. The maximum absolute atomic E-state index is 12.5. The molecule has 0 aliphatic heterocycles. The summed E-state index contributed by atoms with van der Waals surface area (Å²) < 4.78 is 37.6. The van der Waals surface area contributed by atoms with Crippen molar-refractivity contribution in [1.82, 2.24) is 0 Å². The highest BCUT2D eigenvalue weighted by molar-refractivity contribution is 5.98. The molecule has 19 heavy (non-hydrogen) atoms. The molecule has 2 nitrogen and oxygen atoms in total. The first kappa shape index (κ1) is 14.1. The van der Waals surface area contributed by atoms with E-state index < -0.39 is 17.3 Å². The van der Waals surface area contributed by atoms with Gasteiger partial charge in [-0.25, -0.2) is 0 Å². The Labute approximate surface area is 109 Å². The van der Waals surface area contributed by atoms with E-state index in [9.17, 15) is 18.0 Å². The molecule has 0 aromatic heterocycles. The standard InChI is InChI=1S/C14H16F3NO/c1-9-7-10(14(15,16)17)3-4-11(9)12(19)8-13(18)5-2-6-13/h3-4,7H,2,5-6,8,18H2,1H3. The van der Waals surface area contributed by atoms with E-state index in [-0.39, 0.29) is 12.2 Å². The van der Waals surface area contributed by atoms with Gasteiger partial charge >= 0.3 is 6.18 Å². The smallest absolute Gasteiger partial charge is 0.325 e. The van der Waals surface area contributed by atoms with Crippen LogP contribution in [0.1, 0.15) is 47.2 Å². The molecule has 0 radical (unpaired) electrons. The van der Waals surface area contributed by atoms with Crippen LogP contribution < -0.4 is 5.73 Å². The highest BCUT2D eigenvalue weighted by Gasteiger charge is 2.35. The number of hydrogen-bond donors (Lipinski definition) is 1. The highest BCUT2D eigenvalue weighted by atomic mass is 19.4. The van der Waals surface area contributed by atoms with E-state index in [2.05, 4.69) is 0 Å². The van der Waals surface area contributed by atoms with Gasteiger partial charge in [0.25, 0.3) is 0 Å². The lowest BCUT2D eigenvalue weighted by Crippen LogP contribution is -2.48. The van der Waals surface area contributed by atoms with Crippen molar-refractivity contribution in [3.63, 3.8) is 0 Å². The van der Waals surface area contributed by atoms with Gasteiger partial charge < -0.3 is 5.73 Å². The normalized spacial score (nSPS) is 17.9. The van der Waals surface area contributed by atoms with Crippen molar-refractivity contribution in [3.8, 4) is 0 Å². The molecule has 0 bridgehead atoms. The van der Waals surface area contributed by atoms with Crippen LogP contribution in [-0.4, -0.2) is 11.3 Å². The predicted octanol–water partition coefficient (Wildman–Crippen LogP) is 3.47. The maximum Gasteiger partial charge on any atom is 0.416 e. The molecule has 0 heterocycles. The van der Waals surface area contributed by atoms with Crippen LogP contribution in [0.3, 0.4) is 0 Å². The zero-order valence-electron chi connectivity index (χ0n) is 10.7. The van der Waals surface area contributed by atoms with Crippen LogP contribution in [0, 0.1) is 6.92 Å².